The molecule has 0 saturated carbocycles. The van der Waals surface area contributed by atoms with Gasteiger partial charge in [-0.15, -0.1) is 0 Å². The summed E-state index contributed by atoms with van der Waals surface area (Å²) in [6.45, 7) is 5.35. The Kier molecular flexibility index (Phi) is 5.32. The van der Waals surface area contributed by atoms with E-state index >= 15 is 0 Å². The third-order valence-corrected chi connectivity index (χ3v) is 4.98. The summed E-state index contributed by atoms with van der Waals surface area (Å²) < 4.78 is 0. The third-order valence-electron chi connectivity index (χ3n) is 4.98. The van der Waals surface area contributed by atoms with Crippen LogP contribution in [0.3, 0.4) is 0 Å². The summed E-state index contributed by atoms with van der Waals surface area (Å²) in [5.41, 5.74) is 0.396. The summed E-state index contributed by atoms with van der Waals surface area (Å²) in [5, 5.41) is 14.2. The maximum Gasteiger partial charge on any atom is 0.277 e. The van der Waals surface area contributed by atoms with E-state index in [0.717, 1.165) is 5.56 Å². The van der Waals surface area contributed by atoms with Crippen molar-refractivity contribution in [1.29, 1.82) is 0 Å². The van der Waals surface area contributed by atoms with Gasteiger partial charge in [0.2, 0.25) is 0 Å². The number of piperazine rings is 1. The van der Waals surface area contributed by atoms with Crippen LogP contribution in [-0.4, -0.2) is 34.2 Å². The number of hydrogen-bond donors (Lipinski definition) is 1. The summed E-state index contributed by atoms with van der Waals surface area (Å²) >= 11 is 0. The smallest absolute Gasteiger partial charge is 0.277 e. The fraction of sp³-hybridized carbons (Fsp3) is 0.182. The Hall–Kier alpha value is -3.74. The van der Waals surface area contributed by atoms with E-state index in [1.54, 1.807) is 19.1 Å². The number of nitro groups is 1. The lowest BCUT2D eigenvalue weighted by Gasteiger charge is -2.39. The standard InChI is InChI=1S/C22H21N3O4/c1-4-16-11-8-12-18(25(28)29)17(16)13-19-20(26)23-22(2,21(27)24(19)3)14-15-9-6-5-7-10-15/h4-13H,1,14H2,2-3H3,(H,23,26). The van der Waals surface area contributed by atoms with Crippen molar-refractivity contribution in [2.24, 2.45) is 0 Å². The van der Waals surface area contributed by atoms with Gasteiger partial charge in [0.15, 0.2) is 0 Å². The van der Waals surface area contributed by atoms with Gasteiger partial charge in [-0.2, -0.15) is 0 Å². The zero-order chi connectivity index (χ0) is 21.2. The van der Waals surface area contributed by atoms with Gasteiger partial charge in [-0.05, 0) is 24.1 Å². The predicted octanol–water partition coefficient (Wildman–Crippen LogP) is 3.17. The molecule has 1 aliphatic heterocycles. The molecule has 0 spiro atoms. The van der Waals surface area contributed by atoms with Crippen molar-refractivity contribution < 1.29 is 14.5 Å². The van der Waals surface area contributed by atoms with Crippen LogP contribution in [0.4, 0.5) is 5.69 Å². The molecule has 0 bridgehead atoms. The quantitative estimate of drug-likeness (QED) is 0.481. The minimum absolute atomic E-state index is 0.0398. The zero-order valence-corrected chi connectivity index (χ0v) is 16.2. The van der Waals surface area contributed by atoms with Gasteiger partial charge in [0, 0.05) is 19.5 Å². The van der Waals surface area contributed by atoms with Crippen molar-refractivity contribution in [1.82, 2.24) is 10.2 Å². The number of carbonyl (C=O) groups is 2. The van der Waals surface area contributed by atoms with Gasteiger partial charge in [-0.1, -0.05) is 55.1 Å². The van der Waals surface area contributed by atoms with Gasteiger partial charge in [-0.25, -0.2) is 0 Å². The molecule has 7 nitrogen and oxygen atoms in total. The monoisotopic (exact) mass is 391 g/mol. The minimum Gasteiger partial charge on any atom is -0.336 e. The molecule has 1 fully saturated rings. The van der Waals surface area contributed by atoms with Crippen LogP contribution in [0.5, 0.6) is 0 Å². The van der Waals surface area contributed by atoms with Crippen LogP contribution < -0.4 is 5.32 Å². The Morgan fingerprint density at radius 1 is 1.17 bits per heavy atom. The van der Waals surface area contributed by atoms with Crippen molar-refractivity contribution in [3.63, 3.8) is 0 Å². The Morgan fingerprint density at radius 2 is 1.86 bits per heavy atom. The molecule has 7 heteroatoms. The molecule has 1 N–H and O–H groups in total. The number of likely N-dealkylation sites (N-methyl/N-ethyl adjacent to an activating group) is 1. The average Bonchev–Trinajstić information content (AvgIpc) is 2.70. The van der Waals surface area contributed by atoms with Crippen LogP contribution in [-0.2, 0) is 16.0 Å². The highest BCUT2D eigenvalue weighted by atomic mass is 16.6. The summed E-state index contributed by atoms with van der Waals surface area (Å²) in [7, 11) is 1.50. The highest BCUT2D eigenvalue weighted by molar-refractivity contribution is 6.09. The summed E-state index contributed by atoms with van der Waals surface area (Å²) in [6, 6.07) is 14.0. The number of benzene rings is 2. The molecule has 1 atom stereocenters. The van der Waals surface area contributed by atoms with Gasteiger partial charge >= 0.3 is 0 Å². The van der Waals surface area contributed by atoms with E-state index in [-0.39, 0.29) is 22.9 Å². The van der Waals surface area contributed by atoms with Gasteiger partial charge in [0.05, 0.1) is 10.5 Å². The van der Waals surface area contributed by atoms with Crippen molar-refractivity contribution in [2.75, 3.05) is 7.05 Å². The van der Waals surface area contributed by atoms with E-state index in [2.05, 4.69) is 11.9 Å². The summed E-state index contributed by atoms with van der Waals surface area (Å²) in [5.74, 6) is -0.773. The Morgan fingerprint density at radius 3 is 2.48 bits per heavy atom. The molecular weight excluding hydrogens is 370 g/mol. The van der Waals surface area contributed by atoms with E-state index in [9.17, 15) is 19.7 Å². The maximum absolute atomic E-state index is 13.1. The second kappa shape index (κ2) is 7.71. The molecule has 1 unspecified atom stereocenters. The molecule has 1 aliphatic rings. The van der Waals surface area contributed by atoms with Crippen LogP contribution in [0.2, 0.25) is 0 Å². The number of nitro benzene ring substituents is 1. The van der Waals surface area contributed by atoms with Gasteiger partial charge in [-0.3, -0.25) is 19.7 Å². The fourth-order valence-electron chi connectivity index (χ4n) is 3.49. The van der Waals surface area contributed by atoms with Crippen LogP contribution in [0.1, 0.15) is 23.6 Å². The first kappa shape index (κ1) is 20.0. The second-order valence-corrected chi connectivity index (χ2v) is 7.08. The first-order chi connectivity index (χ1) is 13.8. The number of nitrogens with one attached hydrogen (secondary N) is 1. The molecule has 29 heavy (non-hydrogen) atoms. The van der Waals surface area contributed by atoms with E-state index < -0.39 is 16.4 Å². The Bertz CT molecular complexity index is 1030. The third kappa shape index (κ3) is 3.80. The molecule has 2 amide bonds. The van der Waals surface area contributed by atoms with Crippen LogP contribution in [0, 0.1) is 10.1 Å². The van der Waals surface area contributed by atoms with Crippen molar-refractivity contribution in [3.05, 3.63) is 87.6 Å². The molecule has 0 aliphatic carbocycles. The maximum atomic E-state index is 13.1. The van der Waals surface area contributed by atoms with Crippen molar-refractivity contribution in [3.8, 4) is 0 Å². The van der Waals surface area contributed by atoms with Crippen molar-refractivity contribution in [2.45, 2.75) is 18.9 Å². The number of nitrogens with zero attached hydrogens (tertiary/aromatic N) is 2. The first-order valence-corrected chi connectivity index (χ1v) is 9.03. The molecular formula is C22H21N3O4. The molecule has 0 radical (unpaired) electrons. The average molecular weight is 391 g/mol. The molecule has 1 heterocycles. The zero-order valence-electron chi connectivity index (χ0n) is 16.2. The second-order valence-electron chi connectivity index (χ2n) is 7.08. The normalized spacial score (nSPS) is 20.5. The van der Waals surface area contributed by atoms with E-state index in [1.807, 2.05) is 30.3 Å². The Balaban J connectivity index is 2.01. The van der Waals surface area contributed by atoms with Gasteiger partial charge in [0.1, 0.15) is 11.2 Å². The van der Waals surface area contributed by atoms with Gasteiger partial charge in [0.25, 0.3) is 17.5 Å². The number of rotatable bonds is 5. The van der Waals surface area contributed by atoms with Crippen molar-refractivity contribution >= 4 is 29.7 Å². The number of amides is 2. The number of hydrogen-bond acceptors (Lipinski definition) is 4. The minimum atomic E-state index is -1.12. The molecule has 2 aromatic rings. The fourth-order valence-corrected chi connectivity index (χ4v) is 3.49. The lowest BCUT2D eigenvalue weighted by Crippen LogP contribution is -2.64. The van der Waals surface area contributed by atoms with Crippen LogP contribution >= 0.6 is 0 Å². The van der Waals surface area contributed by atoms with Crippen LogP contribution in [0.25, 0.3) is 12.2 Å². The topological polar surface area (TPSA) is 92.5 Å². The lowest BCUT2D eigenvalue weighted by atomic mass is 9.88. The largest absolute Gasteiger partial charge is 0.336 e. The predicted molar refractivity (Wildman–Crippen MR) is 111 cm³/mol. The molecule has 1 saturated heterocycles. The molecule has 2 aromatic carbocycles. The highest BCUT2D eigenvalue weighted by Crippen LogP contribution is 2.29. The van der Waals surface area contributed by atoms with E-state index in [1.165, 1.54) is 30.2 Å². The lowest BCUT2D eigenvalue weighted by molar-refractivity contribution is -0.385. The van der Waals surface area contributed by atoms with Gasteiger partial charge < -0.3 is 10.2 Å². The van der Waals surface area contributed by atoms with E-state index in [4.69, 9.17) is 0 Å². The summed E-state index contributed by atoms with van der Waals surface area (Å²) in [6.07, 6.45) is 3.17. The molecule has 3 rings (SSSR count). The molecule has 148 valence electrons. The Labute approximate surface area is 168 Å². The highest BCUT2D eigenvalue weighted by Gasteiger charge is 2.44. The number of carbonyl (C=O) groups excluding carboxylic acids is 2. The SMILES string of the molecule is C=Cc1cccc([N+](=O)[O-])c1C=C1C(=O)NC(C)(Cc2ccccc2)C(=O)N1C. The molecule has 0 aromatic heterocycles. The van der Waals surface area contributed by atoms with Crippen LogP contribution in [0.15, 0.2) is 60.8 Å². The first-order valence-electron chi connectivity index (χ1n) is 9.03. The summed E-state index contributed by atoms with van der Waals surface area (Å²) in [4.78, 5) is 38.1. The van der Waals surface area contributed by atoms with E-state index in [0.29, 0.717) is 12.0 Å².